The van der Waals surface area contributed by atoms with Crippen LogP contribution in [-0.4, -0.2) is 23.5 Å². The SMILES string of the molecule is CCSCC[C@@H](C)NC(=O)c1ccc(C)o1. The third-order valence-electron chi connectivity index (χ3n) is 2.24. The van der Waals surface area contributed by atoms with Gasteiger partial charge >= 0.3 is 0 Å². The summed E-state index contributed by atoms with van der Waals surface area (Å²) in [5, 5.41) is 2.92. The smallest absolute Gasteiger partial charge is 0.287 e. The Bertz CT molecular complexity index is 336. The predicted octanol–water partition coefficient (Wildman–Crippen LogP) is 2.85. The topological polar surface area (TPSA) is 42.2 Å². The van der Waals surface area contributed by atoms with E-state index in [2.05, 4.69) is 12.2 Å². The van der Waals surface area contributed by atoms with Gasteiger partial charge in [0.15, 0.2) is 5.76 Å². The zero-order valence-electron chi connectivity index (χ0n) is 10.1. The molecule has 90 valence electrons. The zero-order chi connectivity index (χ0) is 12.0. The Kier molecular flexibility index (Phi) is 5.46. The van der Waals surface area contributed by atoms with E-state index >= 15 is 0 Å². The fourth-order valence-electron chi connectivity index (χ4n) is 1.33. The van der Waals surface area contributed by atoms with Gasteiger partial charge < -0.3 is 9.73 Å². The molecule has 0 aliphatic heterocycles. The van der Waals surface area contributed by atoms with Crippen LogP contribution in [0.4, 0.5) is 0 Å². The number of carbonyl (C=O) groups is 1. The van der Waals surface area contributed by atoms with Gasteiger partial charge in [0.25, 0.3) is 5.91 Å². The first-order valence-corrected chi connectivity index (χ1v) is 6.74. The minimum Gasteiger partial charge on any atom is -0.456 e. The number of hydrogen-bond acceptors (Lipinski definition) is 3. The fourth-order valence-corrected chi connectivity index (χ4v) is 2.14. The molecule has 0 bridgehead atoms. The van der Waals surface area contributed by atoms with Gasteiger partial charge in [0.2, 0.25) is 0 Å². The monoisotopic (exact) mass is 241 g/mol. The van der Waals surface area contributed by atoms with Crippen molar-refractivity contribution in [3.8, 4) is 0 Å². The van der Waals surface area contributed by atoms with Crippen LogP contribution in [0.2, 0.25) is 0 Å². The van der Waals surface area contributed by atoms with Crippen molar-refractivity contribution in [1.29, 1.82) is 0 Å². The molecule has 1 rings (SSSR count). The van der Waals surface area contributed by atoms with E-state index in [1.165, 1.54) is 0 Å². The summed E-state index contributed by atoms with van der Waals surface area (Å²) in [5.74, 6) is 3.24. The quantitative estimate of drug-likeness (QED) is 0.779. The van der Waals surface area contributed by atoms with Crippen LogP contribution in [0.5, 0.6) is 0 Å². The highest BCUT2D eigenvalue weighted by atomic mass is 32.2. The maximum absolute atomic E-state index is 11.7. The van der Waals surface area contributed by atoms with Gasteiger partial charge in [-0.2, -0.15) is 11.8 Å². The van der Waals surface area contributed by atoms with E-state index in [1.807, 2.05) is 25.6 Å². The number of nitrogens with one attached hydrogen (secondary N) is 1. The van der Waals surface area contributed by atoms with Crippen molar-refractivity contribution in [2.45, 2.75) is 33.2 Å². The number of furan rings is 1. The van der Waals surface area contributed by atoms with Crippen LogP contribution >= 0.6 is 11.8 Å². The number of thioether (sulfide) groups is 1. The molecule has 0 aliphatic carbocycles. The Morgan fingerprint density at radius 1 is 1.56 bits per heavy atom. The molecule has 1 heterocycles. The van der Waals surface area contributed by atoms with Crippen LogP contribution in [0.1, 0.15) is 36.6 Å². The van der Waals surface area contributed by atoms with Crippen LogP contribution in [0.25, 0.3) is 0 Å². The van der Waals surface area contributed by atoms with Crippen LogP contribution < -0.4 is 5.32 Å². The molecule has 1 atom stereocenters. The van der Waals surface area contributed by atoms with Gasteiger partial charge in [0.05, 0.1) is 0 Å². The molecule has 0 unspecified atom stereocenters. The maximum atomic E-state index is 11.7. The average molecular weight is 241 g/mol. The van der Waals surface area contributed by atoms with Crippen molar-refractivity contribution in [3.05, 3.63) is 23.7 Å². The number of rotatable bonds is 6. The lowest BCUT2D eigenvalue weighted by Crippen LogP contribution is -2.32. The number of hydrogen-bond donors (Lipinski definition) is 1. The maximum Gasteiger partial charge on any atom is 0.287 e. The molecule has 4 heteroatoms. The lowest BCUT2D eigenvalue weighted by molar-refractivity contribution is 0.0910. The molecule has 0 spiro atoms. The third-order valence-corrected chi connectivity index (χ3v) is 3.17. The molecule has 3 nitrogen and oxygen atoms in total. The van der Waals surface area contributed by atoms with Crippen molar-refractivity contribution in [1.82, 2.24) is 5.32 Å². The van der Waals surface area contributed by atoms with E-state index in [9.17, 15) is 4.79 Å². The summed E-state index contributed by atoms with van der Waals surface area (Å²) in [5.41, 5.74) is 0. The minimum atomic E-state index is -0.123. The number of amides is 1. The van der Waals surface area contributed by atoms with Crippen LogP contribution in [0.15, 0.2) is 16.5 Å². The third kappa shape index (κ3) is 4.31. The van der Waals surface area contributed by atoms with Gasteiger partial charge in [-0.1, -0.05) is 6.92 Å². The summed E-state index contributed by atoms with van der Waals surface area (Å²) in [6, 6.07) is 3.70. The second-order valence-corrected chi connectivity index (χ2v) is 5.16. The average Bonchev–Trinajstić information content (AvgIpc) is 2.65. The molecule has 0 saturated heterocycles. The largest absolute Gasteiger partial charge is 0.456 e. The van der Waals surface area contributed by atoms with Gasteiger partial charge in [-0.3, -0.25) is 4.79 Å². The standard InChI is InChI=1S/C12H19NO2S/c1-4-16-8-7-9(2)13-12(14)11-6-5-10(3)15-11/h5-6,9H,4,7-8H2,1-3H3,(H,13,14)/t9-/m1/s1. The van der Waals surface area contributed by atoms with Gasteiger partial charge in [-0.25, -0.2) is 0 Å². The summed E-state index contributed by atoms with van der Waals surface area (Å²) in [4.78, 5) is 11.7. The van der Waals surface area contributed by atoms with Gasteiger partial charge in [0, 0.05) is 6.04 Å². The van der Waals surface area contributed by atoms with Gasteiger partial charge in [0.1, 0.15) is 5.76 Å². The molecule has 1 N–H and O–H groups in total. The Labute approximate surface area is 101 Å². The van der Waals surface area contributed by atoms with E-state index in [1.54, 1.807) is 12.1 Å². The summed E-state index contributed by atoms with van der Waals surface area (Å²) < 4.78 is 5.25. The van der Waals surface area contributed by atoms with Gasteiger partial charge in [-0.05, 0) is 43.9 Å². The summed E-state index contributed by atoms with van der Waals surface area (Å²) in [7, 11) is 0. The van der Waals surface area contributed by atoms with E-state index in [4.69, 9.17) is 4.42 Å². The molecule has 16 heavy (non-hydrogen) atoms. The Morgan fingerprint density at radius 3 is 2.88 bits per heavy atom. The molecule has 0 aromatic carbocycles. The Hall–Kier alpha value is -0.900. The molecular formula is C12H19NO2S. The normalized spacial score (nSPS) is 12.4. The molecule has 0 radical (unpaired) electrons. The molecular weight excluding hydrogens is 222 g/mol. The first-order chi connectivity index (χ1) is 7.63. The van der Waals surface area contributed by atoms with Crippen molar-refractivity contribution in [3.63, 3.8) is 0 Å². The van der Waals surface area contributed by atoms with Crippen molar-refractivity contribution >= 4 is 17.7 Å². The Balaban J connectivity index is 2.33. The molecule has 0 fully saturated rings. The second kappa shape index (κ2) is 6.63. The highest BCUT2D eigenvalue weighted by Gasteiger charge is 2.12. The Morgan fingerprint density at radius 2 is 2.31 bits per heavy atom. The van der Waals surface area contributed by atoms with Crippen molar-refractivity contribution in [2.24, 2.45) is 0 Å². The van der Waals surface area contributed by atoms with Crippen LogP contribution in [0, 0.1) is 6.92 Å². The van der Waals surface area contributed by atoms with E-state index in [0.29, 0.717) is 5.76 Å². The zero-order valence-corrected chi connectivity index (χ0v) is 10.9. The summed E-state index contributed by atoms with van der Waals surface area (Å²) in [6.07, 6.45) is 0.990. The molecule has 0 aliphatic rings. The van der Waals surface area contributed by atoms with Crippen molar-refractivity contribution < 1.29 is 9.21 Å². The highest BCUT2D eigenvalue weighted by molar-refractivity contribution is 7.99. The predicted molar refractivity (Wildman–Crippen MR) is 68.0 cm³/mol. The first kappa shape index (κ1) is 13.2. The molecule has 1 aromatic rings. The molecule has 0 saturated carbocycles. The number of aryl methyl sites for hydroxylation is 1. The fraction of sp³-hybridized carbons (Fsp3) is 0.583. The molecule has 1 amide bonds. The van der Waals surface area contributed by atoms with Crippen molar-refractivity contribution in [2.75, 3.05) is 11.5 Å². The summed E-state index contributed by atoms with van der Waals surface area (Å²) in [6.45, 7) is 5.99. The van der Waals surface area contributed by atoms with Gasteiger partial charge in [-0.15, -0.1) is 0 Å². The minimum absolute atomic E-state index is 0.123. The van der Waals surface area contributed by atoms with E-state index < -0.39 is 0 Å². The molecule has 1 aromatic heterocycles. The van der Waals surface area contributed by atoms with E-state index in [-0.39, 0.29) is 11.9 Å². The first-order valence-electron chi connectivity index (χ1n) is 5.58. The van der Waals surface area contributed by atoms with E-state index in [0.717, 1.165) is 23.7 Å². The lowest BCUT2D eigenvalue weighted by Gasteiger charge is -2.12. The summed E-state index contributed by atoms with van der Waals surface area (Å²) >= 11 is 1.89. The second-order valence-electron chi connectivity index (χ2n) is 3.77. The van der Waals surface area contributed by atoms with Crippen LogP contribution in [-0.2, 0) is 0 Å². The lowest BCUT2D eigenvalue weighted by atomic mass is 10.2. The van der Waals surface area contributed by atoms with Crippen LogP contribution in [0.3, 0.4) is 0 Å². The number of carbonyl (C=O) groups excluding carboxylic acids is 1. The highest BCUT2D eigenvalue weighted by Crippen LogP contribution is 2.08.